The number of nitrogens with one attached hydrogen (secondary N) is 1. The van der Waals surface area contributed by atoms with E-state index in [9.17, 15) is 18.0 Å². The Kier molecular flexibility index (Phi) is 5.69. The number of amides is 2. The van der Waals surface area contributed by atoms with Gasteiger partial charge in [-0.15, -0.1) is 11.8 Å². The Morgan fingerprint density at radius 3 is 2.61 bits per heavy atom. The van der Waals surface area contributed by atoms with Crippen LogP contribution in [0.2, 0.25) is 0 Å². The third-order valence-electron chi connectivity index (χ3n) is 5.92. The summed E-state index contributed by atoms with van der Waals surface area (Å²) in [7, 11) is -3.06. The number of anilines is 1. The molecule has 0 spiro atoms. The fourth-order valence-corrected chi connectivity index (χ4v) is 7.44. The molecule has 2 atom stereocenters. The molecule has 1 aliphatic carbocycles. The van der Waals surface area contributed by atoms with Crippen LogP contribution < -0.4 is 5.32 Å². The van der Waals surface area contributed by atoms with Crippen LogP contribution in [-0.2, 0) is 19.4 Å². The topological polar surface area (TPSA) is 83.6 Å². The van der Waals surface area contributed by atoms with Gasteiger partial charge in [0.05, 0.1) is 23.1 Å². The Bertz CT molecular complexity index is 865. The summed E-state index contributed by atoms with van der Waals surface area (Å²) >= 11 is 1.82. The van der Waals surface area contributed by atoms with Crippen molar-refractivity contribution in [2.45, 2.75) is 54.7 Å². The molecule has 0 radical (unpaired) electrons. The van der Waals surface area contributed by atoms with Crippen LogP contribution in [0, 0.1) is 5.92 Å². The number of carbonyl (C=O) groups is 2. The van der Waals surface area contributed by atoms with Crippen LogP contribution in [0.3, 0.4) is 0 Å². The van der Waals surface area contributed by atoms with Crippen molar-refractivity contribution in [2.24, 2.45) is 5.92 Å². The Morgan fingerprint density at radius 1 is 1.14 bits per heavy atom. The maximum atomic E-state index is 12.8. The quantitative estimate of drug-likeness (QED) is 0.789. The van der Waals surface area contributed by atoms with E-state index in [0.29, 0.717) is 18.2 Å². The molecule has 4 rings (SSSR count). The zero-order valence-corrected chi connectivity index (χ0v) is 17.4. The van der Waals surface area contributed by atoms with E-state index in [0.717, 1.165) is 10.6 Å². The smallest absolute Gasteiger partial charge is 0.229 e. The van der Waals surface area contributed by atoms with Gasteiger partial charge in [-0.3, -0.25) is 9.59 Å². The molecule has 2 aliphatic heterocycles. The summed E-state index contributed by atoms with van der Waals surface area (Å²) < 4.78 is 23.4. The highest BCUT2D eigenvalue weighted by molar-refractivity contribution is 8.00. The molecule has 28 heavy (non-hydrogen) atoms. The van der Waals surface area contributed by atoms with E-state index in [1.807, 2.05) is 36.0 Å². The van der Waals surface area contributed by atoms with Gasteiger partial charge in [0.2, 0.25) is 11.8 Å². The van der Waals surface area contributed by atoms with Gasteiger partial charge >= 0.3 is 0 Å². The third kappa shape index (κ3) is 4.38. The molecule has 1 aromatic carbocycles. The van der Waals surface area contributed by atoms with E-state index in [4.69, 9.17) is 0 Å². The van der Waals surface area contributed by atoms with Crippen molar-refractivity contribution < 1.29 is 18.0 Å². The minimum absolute atomic E-state index is 0.0218. The van der Waals surface area contributed by atoms with Crippen molar-refractivity contribution in [1.29, 1.82) is 0 Å². The SMILES string of the molecule is O=C(Nc1ccccc1SC1CCCC1)[C@@H]1CC(=O)N([C@H]2CCS(=O)(=O)C2)C1. The fraction of sp³-hybridized carbons (Fsp3) is 0.600. The van der Waals surface area contributed by atoms with E-state index in [2.05, 4.69) is 5.32 Å². The molecule has 3 aliphatic rings. The van der Waals surface area contributed by atoms with Crippen molar-refractivity contribution in [3.63, 3.8) is 0 Å². The molecule has 152 valence electrons. The fourth-order valence-electron chi connectivity index (χ4n) is 4.37. The highest BCUT2D eigenvalue weighted by Crippen LogP contribution is 2.38. The maximum Gasteiger partial charge on any atom is 0.229 e. The molecule has 0 aromatic heterocycles. The number of sulfone groups is 1. The second kappa shape index (κ2) is 8.06. The average molecular weight is 423 g/mol. The Balaban J connectivity index is 1.40. The molecule has 2 amide bonds. The number of nitrogens with zero attached hydrogens (tertiary/aromatic N) is 1. The lowest BCUT2D eigenvalue weighted by Crippen LogP contribution is -2.38. The van der Waals surface area contributed by atoms with E-state index < -0.39 is 15.8 Å². The van der Waals surface area contributed by atoms with Gasteiger partial charge in [-0.2, -0.15) is 0 Å². The van der Waals surface area contributed by atoms with Crippen LogP contribution in [0.25, 0.3) is 0 Å². The first kappa shape index (κ1) is 19.8. The van der Waals surface area contributed by atoms with E-state index in [1.165, 1.54) is 25.7 Å². The van der Waals surface area contributed by atoms with Gasteiger partial charge in [0.1, 0.15) is 0 Å². The van der Waals surface area contributed by atoms with Crippen molar-refractivity contribution >= 4 is 39.1 Å². The predicted octanol–water partition coefficient (Wildman–Crippen LogP) is 2.70. The zero-order valence-electron chi connectivity index (χ0n) is 15.8. The summed E-state index contributed by atoms with van der Waals surface area (Å²) in [6, 6.07) is 7.56. The number of likely N-dealkylation sites (tertiary alicyclic amines) is 1. The van der Waals surface area contributed by atoms with Gasteiger partial charge in [0.25, 0.3) is 0 Å². The Labute approximate surface area is 170 Å². The van der Waals surface area contributed by atoms with Crippen LogP contribution in [0.15, 0.2) is 29.2 Å². The lowest BCUT2D eigenvalue weighted by Gasteiger charge is -2.23. The van der Waals surface area contributed by atoms with Gasteiger partial charge in [0.15, 0.2) is 9.84 Å². The number of benzene rings is 1. The molecular formula is C20H26N2O4S2. The first-order chi connectivity index (χ1) is 13.4. The van der Waals surface area contributed by atoms with E-state index >= 15 is 0 Å². The molecule has 6 nitrogen and oxygen atoms in total. The first-order valence-electron chi connectivity index (χ1n) is 9.98. The molecular weight excluding hydrogens is 396 g/mol. The Morgan fingerprint density at radius 2 is 1.89 bits per heavy atom. The van der Waals surface area contributed by atoms with Crippen LogP contribution in [-0.4, -0.2) is 54.5 Å². The highest BCUT2D eigenvalue weighted by Gasteiger charge is 2.42. The lowest BCUT2D eigenvalue weighted by molar-refractivity contribution is -0.129. The molecule has 2 heterocycles. The van der Waals surface area contributed by atoms with Crippen LogP contribution >= 0.6 is 11.8 Å². The summed E-state index contributed by atoms with van der Waals surface area (Å²) in [4.78, 5) is 27.9. The predicted molar refractivity (Wildman–Crippen MR) is 110 cm³/mol. The molecule has 1 N–H and O–H groups in total. The maximum absolute atomic E-state index is 12.8. The Hall–Kier alpha value is -1.54. The second-order valence-electron chi connectivity index (χ2n) is 8.01. The first-order valence-corrected chi connectivity index (χ1v) is 12.7. The number of rotatable bonds is 5. The normalized spacial score (nSPS) is 27.4. The molecule has 0 unspecified atom stereocenters. The van der Waals surface area contributed by atoms with Crippen molar-refractivity contribution in [1.82, 2.24) is 4.90 Å². The number of hydrogen-bond acceptors (Lipinski definition) is 5. The zero-order chi connectivity index (χ0) is 19.7. The number of thioether (sulfide) groups is 1. The molecule has 1 aromatic rings. The summed E-state index contributed by atoms with van der Waals surface area (Å²) in [6.07, 6.45) is 5.59. The van der Waals surface area contributed by atoms with Gasteiger partial charge in [-0.25, -0.2) is 8.42 Å². The second-order valence-corrected chi connectivity index (χ2v) is 11.6. The molecule has 2 saturated heterocycles. The number of hydrogen-bond donors (Lipinski definition) is 1. The molecule has 1 saturated carbocycles. The summed E-state index contributed by atoms with van der Waals surface area (Å²) in [5, 5.41) is 3.62. The van der Waals surface area contributed by atoms with Crippen molar-refractivity contribution in [3.05, 3.63) is 24.3 Å². The van der Waals surface area contributed by atoms with E-state index in [1.54, 1.807) is 4.90 Å². The van der Waals surface area contributed by atoms with Crippen molar-refractivity contribution in [3.8, 4) is 0 Å². The number of carbonyl (C=O) groups excluding carboxylic acids is 2. The van der Waals surface area contributed by atoms with Crippen LogP contribution in [0.1, 0.15) is 38.5 Å². The third-order valence-corrected chi connectivity index (χ3v) is 9.08. The summed E-state index contributed by atoms with van der Waals surface area (Å²) in [5.41, 5.74) is 0.804. The molecule has 8 heteroatoms. The highest BCUT2D eigenvalue weighted by atomic mass is 32.2. The summed E-state index contributed by atoms with van der Waals surface area (Å²) in [6.45, 7) is 0.308. The van der Waals surface area contributed by atoms with Gasteiger partial charge < -0.3 is 10.2 Å². The number of para-hydroxylation sites is 1. The van der Waals surface area contributed by atoms with E-state index in [-0.39, 0.29) is 35.8 Å². The average Bonchev–Trinajstić information content (AvgIpc) is 3.37. The van der Waals surface area contributed by atoms with Crippen molar-refractivity contribution in [2.75, 3.05) is 23.4 Å². The molecule has 3 fully saturated rings. The molecule has 0 bridgehead atoms. The van der Waals surface area contributed by atoms with Gasteiger partial charge in [-0.1, -0.05) is 25.0 Å². The lowest BCUT2D eigenvalue weighted by atomic mass is 10.1. The largest absolute Gasteiger partial charge is 0.338 e. The standard InChI is InChI=1S/C20H26N2O4S2/c23-19-11-14(12-22(19)15-9-10-28(25,26)13-15)20(24)21-17-7-3-4-8-18(17)27-16-5-1-2-6-16/h3-4,7-8,14-16H,1-2,5-6,9-13H2,(H,21,24)/t14-,15+/m1/s1. The minimum atomic E-state index is -3.06. The summed E-state index contributed by atoms with van der Waals surface area (Å²) in [5.74, 6) is -0.551. The van der Waals surface area contributed by atoms with Crippen LogP contribution in [0.5, 0.6) is 0 Å². The van der Waals surface area contributed by atoms with Gasteiger partial charge in [0, 0.05) is 29.2 Å². The monoisotopic (exact) mass is 422 g/mol. The van der Waals surface area contributed by atoms with Crippen LogP contribution in [0.4, 0.5) is 5.69 Å². The minimum Gasteiger partial charge on any atom is -0.338 e. The van der Waals surface area contributed by atoms with Gasteiger partial charge in [-0.05, 0) is 31.4 Å².